The minimum absolute atomic E-state index is 0.261. The van der Waals surface area contributed by atoms with Crippen molar-refractivity contribution in [2.75, 3.05) is 0 Å². The van der Waals surface area contributed by atoms with Gasteiger partial charge in [-0.25, -0.2) is 4.79 Å². The Bertz CT molecular complexity index is 689. The molecule has 7 fully saturated rings. The quantitative estimate of drug-likeness (QED) is 0.837. The molecule has 8 rings (SSSR count). The zero-order valence-corrected chi connectivity index (χ0v) is 14.5. The summed E-state index contributed by atoms with van der Waals surface area (Å²) in [5, 5.41) is 12.0. The van der Waals surface area contributed by atoms with Crippen LogP contribution in [0, 0.1) is 41.4 Å². The second-order valence-corrected chi connectivity index (χ2v) is 9.50. The van der Waals surface area contributed by atoms with Crippen molar-refractivity contribution >= 4 is 5.97 Å². The van der Waals surface area contributed by atoms with Gasteiger partial charge in [-0.3, -0.25) is 0 Å². The topological polar surface area (TPSA) is 46.5 Å². The highest BCUT2D eigenvalue weighted by atomic mass is 16.6. The molecule has 1 aromatic rings. The standard InChI is InChI=1S/C22H26O3/c23-21(14-4-2-1-3-5-14)25-20-11-12-7-16-15-6-13-9-18(16)22(20,24)19(10-13)17(15)8-12/h1-5,12-13,15-20,24H,6-11H2. The predicted molar refractivity (Wildman–Crippen MR) is 92.7 cm³/mol. The molecule has 0 saturated heterocycles. The highest BCUT2D eigenvalue weighted by Crippen LogP contribution is 2.70. The maximum absolute atomic E-state index is 12.7. The molecule has 0 aliphatic heterocycles. The van der Waals surface area contributed by atoms with E-state index in [0.717, 1.165) is 31.1 Å². The zero-order chi connectivity index (χ0) is 16.8. The van der Waals surface area contributed by atoms with Crippen molar-refractivity contribution in [2.45, 2.75) is 50.2 Å². The van der Waals surface area contributed by atoms with E-state index in [1.807, 2.05) is 30.3 Å². The van der Waals surface area contributed by atoms with Gasteiger partial charge in [-0.15, -0.1) is 0 Å². The Labute approximate surface area is 148 Å². The van der Waals surface area contributed by atoms with Gasteiger partial charge in [-0.1, -0.05) is 18.2 Å². The number of esters is 1. The number of carbonyl (C=O) groups is 1. The minimum atomic E-state index is -0.765. The Morgan fingerprint density at radius 3 is 2.16 bits per heavy atom. The Kier molecular flexibility index (Phi) is 2.88. The monoisotopic (exact) mass is 338 g/mol. The number of fused-ring (bicyclic) bond motifs is 1. The minimum Gasteiger partial charge on any atom is -0.456 e. The molecule has 0 radical (unpaired) electrons. The van der Waals surface area contributed by atoms with Gasteiger partial charge in [0.2, 0.25) is 0 Å². The molecule has 3 heteroatoms. The van der Waals surface area contributed by atoms with Crippen molar-refractivity contribution in [1.82, 2.24) is 0 Å². The largest absolute Gasteiger partial charge is 0.456 e. The SMILES string of the molecule is O=C(OC1CC2CC3C4CC5CC3C1(O)C(C5)C4C2)c1ccccc1. The van der Waals surface area contributed by atoms with Crippen LogP contribution in [0.15, 0.2) is 30.3 Å². The third-order valence-corrected chi connectivity index (χ3v) is 8.63. The highest BCUT2D eigenvalue weighted by Gasteiger charge is 2.71. The summed E-state index contributed by atoms with van der Waals surface area (Å²) in [4.78, 5) is 12.7. The first-order valence-electron chi connectivity index (χ1n) is 10.1. The molecule has 8 bridgehead atoms. The van der Waals surface area contributed by atoms with E-state index >= 15 is 0 Å². The number of hydrogen-bond donors (Lipinski definition) is 1. The first-order chi connectivity index (χ1) is 12.1. The van der Waals surface area contributed by atoms with Gasteiger partial charge in [0.1, 0.15) is 11.7 Å². The van der Waals surface area contributed by atoms with Gasteiger partial charge < -0.3 is 9.84 Å². The van der Waals surface area contributed by atoms with E-state index < -0.39 is 5.60 Å². The first kappa shape index (κ1) is 14.8. The molecule has 1 N–H and O–H groups in total. The summed E-state index contributed by atoms with van der Waals surface area (Å²) in [5.41, 5.74) is -0.165. The van der Waals surface area contributed by atoms with E-state index in [1.54, 1.807) is 0 Å². The van der Waals surface area contributed by atoms with E-state index in [1.165, 1.54) is 19.3 Å². The Hall–Kier alpha value is -1.35. The van der Waals surface area contributed by atoms with Gasteiger partial charge >= 0.3 is 5.97 Å². The van der Waals surface area contributed by atoms with Gasteiger partial charge in [-0.2, -0.15) is 0 Å². The van der Waals surface area contributed by atoms with E-state index in [0.29, 0.717) is 35.2 Å². The summed E-state index contributed by atoms with van der Waals surface area (Å²) in [6.07, 6.45) is 6.79. The van der Waals surface area contributed by atoms with Crippen molar-refractivity contribution < 1.29 is 14.6 Å². The summed E-state index contributed by atoms with van der Waals surface area (Å²) < 4.78 is 6.04. The predicted octanol–water partition coefficient (Wildman–Crippen LogP) is 3.67. The van der Waals surface area contributed by atoms with Crippen LogP contribution < -0.4 is 0 Å². The van der Waals surface area contributed by atoms with Crippen LogP contribution in [0.4, 0.5) is 0 Å². The number of carbonyl (C=O) groups excluding carboxylic acids is 1. The molecule has 132 valence electrons. The number of rotatable bonds is 2. The van der Waals surface area contributed by atoms with Gasteiger partial charge in [0.05, 0.1) is 5.56 Å². The third kappa shape index (κ3) is 1.83. The molecule has 5 atom stereocenters. The lowest BCUT2D eigenvalue weighted by molar-refractivity contribution is -0.260. The summed E-state index contributed by atoms with van der Waals surface area (Å²) in [5.74, 6) is 4.13. The lowest BCUT2D eigenvalue weighted by Crippen LogP contribution is -2.69. The maximum Gasteiger partial charge on any atom is 0.338 e. The van der Waals surface area contributed by atoms with Crippen LogP contribution in [0.25, 0.3) is 0 Å². The fraction of sp³-hybridized carbons (Fsp3) is 0.682. The van der Waals surface area contributed by atoms with Crippen LogP contribution in [0.1, 0.15) is 48.9 Å². The zero-order valence-electron chi connectivity index (χ0n) is 14.5. The molecule has 7 saturated carbocycles. The Morgan fingerprint density at radius 2 is 1.48 bits per heavy atom. The normalized spacial score (nSPS) is 51.6. The van der Waals surface area contributed by atoms with E-state index in [4.69, 9.17) is 4.74 Å². The van der Waals surface area contributed by atoms with E-state index in [-0.39, 0.29) is 12.1 Å². The Morgan fingerprint density at radius 1 is 0.880 bits per heavy atom. The molecule has 1 aromatic carbocycles. The number of benzene rings is 1. The van der Waals surface area contributed by atoms with Crippen molar-refractivity contribution in [2.24, 2.45) is 41.4 Å². The van der Waals surface area contributed by atoms with Crippen molar-refractivity contribution in [3.8, 4) is 0 Å². The molecule has 7 aliphatic rings. The average molecular weight is 338 g/mol. The van der Waals surface area contributed by atoms with Gasteiger partial charge in [0, 0.05) is 0 Å². The smallest absolute Gasteiger partial charge is 0.338 e. The fourth-order valence-corrected chi connectivity index (χ4v) is 7.96. The second kappa shape index (κ2) is 4.88. The molecule has 5 unspecified atom stereocenters. The summed E-state index contributed by atoms with van der Waals surface area (Å²) in [6.45, 7) is 0. The lowest BCUT2D eigenvalue weighted by Gasteiger charge is -2.67. The van der Waals surface area contributed by atoms with Crippen LogP contribution in [-0.2, 0) is 4.74 Å². The number of aliphatic hydroxyl groups is 1. The summed E-state index contributed by atoms with van der Waals surface area (Å²) >= 11 is 0. The summed E-state index contributed by atoms with van der Waals surface area (Å²) in [6, 6.07) is 9.26. The van der Waals surface area contributed by atoms with Gasteiger partial charge in [0.25, 0.3) is 0 Å². The molecule has 7 aliphatic carbocycles. The van der Waals surface area contributed by atoms with E-state index in [2.05, 4.69) is 0 Å². The second-order valence-electron chi connectivity index (χ2n) is 9.50. The maximum atomic E-state index is 12.7. The van der Waals surface area contributed by atoms with Crippen molar-refractivity contribution in [3.63, 3.8) is 0 Å². The fourth-order valence-electron chi connectivity index (χ4n) is 7.96. The van der Waals surface area contributed by atoms with Crippen LogP contribution in [0.5, 0.6) is 0 Å². The van der Waals surface area contributed by atoms with Gasteiger partial charge in [-0.05, 0) is 92.1 Å². The van der Waals surface area contributed by atoms with E-state index in [9.17, 15) is 9.90 Å². The number of hydrogen-bond acceptors (Lipinski definition) is 3. The number of ether oxygens (including phenoxy) is 1. The van der Waals surface area contributed by atoms with Crippen molar-refractivity contribution in [1.29, 1.82) is 0 Å². The van der Waals surface area contributed by atoms with Crippen LogP contribution in [0.2, 0.25) is 0 Å². The molecule has 0 spiro atoms. The van der Waals surface area contributed by atoms with Crippen LogP contribution >= 0.6 is 0 Å². The molecule has 0 heterocycles. The molecule has 3 nitrogen and oxygen atoms in total. The molecular weight excluding hydrogens is 312 g/mol. The molecule has 0 aromatic heterocycles. The highest BCUT2D eigenvalue weighted by molar-refractivity contribution is 5.89. The van der Waals surface area contributed by atoms with Crippen molar-refractivity contribution in [3.05, 3.63) is 35.9 Å². The third-order valence-electron chi connectivity index (χ3n) is 8.63. The Balaban J connectivity index is 1.38. The van der Waals surface area contributed by atoms with Crippen LogP contribution in [0.3, 0.4) is 0 Å². The summed E-state index contributed by atoms with van der Waals surface area (Å²) in [7, 11) is 0. The molecule has 25 heavy (non-hydrogen) atoms. The average Bonchev–Trinajstić information content (AvgIpc) is 2.81. The molecular formula is C22H26O3. The van der Waals surface area contributed by atoms with Gasteiger partial charge in [0.15, 0.2) is 0 Å². The first-order valence-corrected chi connectivity index (χ1v) is 10.1. The molecule has 0 amide bonds. The van der Waals surface area contributed by atoms with Crippen LogP contribution in [-0.4, -0.2) is 22.8 Å². The lowest BCUT2D eigenvalue weighted by atomic mass is 9.40.